The number of nitrogens with zero attached hydrogens (tertiary/aromatic N) is 2. The third-order valence-electron chi connectivity index (χ3n) is 5.73. The van der Waals surface area contributed by atoms with E-state index in [2.05, 4.69) is 17.4 Å². The van der Waals surface area contributed by atoms with Gasteiger partial charge in [0.1, 0.15) is 10.6 Å². The highest BCUT2D eigenvalue weighted by molar-refractivity contribution is 7.89. The third-order valence-corrected chi connectivity index (χ3v) is 7.75. The fourth-order valence-corrected chi connectivity index (χ4v) is 5.15. The number of aryl methyl sites for hydroxylation is 1. The molecule has 0 radical (unpaired) electrons. The van der Waals surface area contributed by atoms with Gasteiger partial charge in [0.2, 0.25) is 10.0 Å². The number of carbonyl (C=O) groups is 2. The molecule has 3 rings (SSSR count). The molecule has 1 aromatic carbocycles. The van der Waals surface area contributed by atoms with E-state index in [-0.39, 0.29) is 21.9 Å². The van der Waals surface area contributed by atoms with Gasteiger partial charge < -0.3 is 14.6 Å². The van der Waals surface area contributed by atoms with Gasteiger partial charge >= 0.3 is 5.97 Å². The minimum absolute atomic E-state index is 0.0219. The van der Waals surface area contributed by atoms with E-state index >= 15 is 0 Å². The van der Waals surface area contributed by atoms with Gasteiger partial charge in [-0.15, -0.1) is 0 Å². The number of hydrogen-bond donors (Lipinski definition) is 1. The topological polar surface area (TPSA) is 97.7 Å². The smallest absolute Gasteiger partial charge is 0.355 e. The van der Waals surface area contributed by atoms with Crippen molar-refractivity contribution in [1.82, 2.24) is 14.2 Å². The number of hydrogen-bond acceptors (Lipinski definition) is 5. The van der Waals surface area contributed by atoms with Crippen LogP contribution >= 0.6 is 0 Å². The van der Waals surface area contributed by atoms with Crippen LogP contribution in [0.2, 0.25) is 0 Å². The molecule has 8 nitrogen and oxygen atoms in total. The van der Waals surface area contributed by atoms with Gasteiger partial charge in [0.15, 0.2) is 6.61 Å². The average Bonchev–Trinajstić information content (AvgIpc) is 3.45. The summed E-state index contributed by atoms with van der Waals surface area (Å²) in [6.07, 6.45) is 3.38. The molecule has 1 heterocycles. The summed E-state index contributed by atoms with van der Waals surface area (Å²) in [5.41, 5.74) is 1.23. The number of carbonyl (C=O) groups excluding carboxylic acids is 2. The van der Waals surface area contributed by atoms with Gasteiger partial charge in [0.05, 0.1) is 0 Å². The summed E-state index contributed by atoms with van der Waals surface area (Å²) in [4.78, 5) is 24.6. The fourth-order valence-electron chi connectivity index (χ4n) is 3.62. The number of esters is 1. The maximum absolute atomic E-state index is 12.6. The molecule has 2 aromatic rings. The van der Waals surface area contributed by atoms with Gasteiger partial charge in [0, 0.05) is 38.3 Å². The van der Waals surface area contributed by atoms with Crippen LogP contribution in [0, 0.1) is 0 Å². The van der Waals surface area contributed by atoms with Gasteiger partial charge in [-0.2, -0.15) is 4.31 Å². The van der Waals surface area contributed by atoms with Gasteiger partial charge in [0.25, 0.3) is 5.91 Å². The highest BCUT2D eigenvalue weighted by Crippen LogP contribution is 2.47. The summed E-state index contributed by atoms with van der Waals surface area (Å²) in [7, 11) is -2.12. The lowest BCUT2D eigenvalue weighted by molar-refractivity contribution is -0.124. The zero-order valence-electron chi connectivity index (χ0n) is 18.1. The normalized spacial score (nSPS) is 15.0. The lowest BCUT2D eigenvalue weighted by atomic mass is 9.96. The largest absolute Gasteiger partial charge is 0.451 e. The zero-order chi connectivity index (χ0) is 22.6. The zero-order valence-corrected chi connectivity index (χ0v) is 18.9. The Bertz CT molecular complexity index is 1040. The molecule has 0 spiro atoms. The standard InChI is InChI=1S/C22H29N3O5S/c1-4-25(5-2)31(28,29)18-13-19(24(3)14-18)21(27)30-15-20(26)23-16-22(11-12-22)17-9-7-6-8-10-17/h6-10,13-14H,4-5,11-12,15-16H2,1-3H3,(H,23,26). The summed E-state index contributed by atoms with van der Waals surface area (Å²) < 4.78 is 33.1. The molecule has 1 aliphatic rings. The lowest BCUT2D eigenvalue weighted by Crippen LogP contribution is -2.35. The predicted octanol–water partition coefficient (Wildman–Crippen LogP) is 2.06. The SMILES string of the molecule is CCN(CC)S(=O)(=O)c1cc(C(=O)OCC(=O)NCC2(c3ccccc3)CC2)n(C)c1. The summed E-state index contributed by atoms with van der Waals surface area (Å²) in [6.45, 7) is 4.23. The van der Waals surface area contributed by atoms with Crippen molar-refractivity contribution in [2.45, 2.75) is 37.0 Å². The Balaban J connectivity index is 1.56. The van der Waals surface area contributed by atoms with Crippen molar-refractivity contribution in [2.75, 3.05) is 26.2 Å². The number of nitrogens with one attached hydrogen (secondary N) is 1. The van der Waals surface area contributed by atoms with Crippen molar-refractivity contribution in [2.24, 2.45) is 7.05 Å². The Morgan fingerprint density at radius 3 is 2.39 bits per heavy atom. The van der Waals surface area contributed by atoms with Crippen LogP contribution in [0.15, 0.2) is 47.5 Å². The molecule has 1 aromatic heterocycles. The number of sulfonamides is 1. The second-order valence-corrected chi connectivity index (χ2v) is 9.70. The van der Waals surface area contributed by atoms with Crippen molar-refractivity contribution in [3.63, 3.8) is 0 Å². The Morgan fingerprint density at radius 2 is 1.81 bits per heavy atom. The quantitative estimate of drug-likeness (QED) is 0.562. The Kier molecular flexibility index (Phi) is 6.86. The van der Waals surface area contributed by atoms with Crippen molar-refractivity contribution in [3.8, 4) is 0 Å². The van der Waals surface area contributed by atoms with Crippen LogP contribution in [-0.2, 0) is 32.0 Å². The van der Waals surface area contributed by atoms with Gasteiger partial charge in [-0.3, -0.25) is 4.79 Å². The van der Waals surface area contributed by atoms with Crippen LogP contribution in [0.3, 0.4) is 0 Å². The van der Waals surface area contributed by atoms with E-state index in [0.717, 1.165) is 12.8 Å². The van der Waals surface area contributed by atoms with Crippen LogP contribution in [0.25, 0.3) is 0 Å². The molecule has 0 bridgehead atoms. The molecule has 1 aliphatic carbocycles. The monoisotopic (exact) mass is 447 g/mol. The molecular weight excluding hydrogens is 418 g/mol. The van der Waals surface area contributed by atoms with Crippen LogP contribution in [0.4, 0.5) is 0 Å². The highest BCUT2D eigenvalue weighted by atomic mass is 32.2. The van der Waals surface area contributed by atoms with E-state index in [1.165, 1.54) is 26.7 Å². The average molecular weight is 448 g/mol. The van der Waals surface area contributed by atoms with E-state index in [1.807, 2.05) is 18.2 Å². The summed E-state index contributed by atoms with van der Waals surface area (Å²) in [6, 6.07) is 11.3. The molecule has 168 valence electrons. The Morgan fingerprint density at radius 1 is 1.16 bits per heavy atom. The molecule has 0 aliphatic heterocycles. The van der Waals surface area contributed by atoms with Crippen LogP contribution < -0.4 is 5.32 Å². The number of ether oxygens (including phenoxy) is 1. The molecule has 0 saturated heterocycles. The molecule has 1 fully saturated rings. The minimum Gasteiger partial charge on any atom is -0.451 e. The van der Waals surface area contributed by atoms with E-state index in [4.69, 9.17) is 4.74 Å². The first-order chi connectivity index (χ1) is 14.7. The first-order valence-electron chi connectivity index (χ1n) is 10.4. The number of benzene rings is 1. The van der Waals surface area contributed by atoms with Crippen LogP contribution in [0.5, 0.6) is 0 Å². The first-order valence-corrected chi connectivity index (χ1v) is 11.8. The Labute approximate surface area is 183 Å². The highest BCUT2D eigenvalue weighted by Gasteiger charge is 2.44. The van der Waals surface area contributed by atoms with Gasteiger partial charge in [-0.1, -0.05) is 44.2 Å². The summed E-state index contributed by atoms with van der Waals surface area (Å²) >= 11 is 0. The second-order valence-electron chi connectivity index (χ2n) is 7.76. The van der Waals surface area contributed by atoms with Gasteiger partial charge in [-0.05, 0) is 24.5 Å². The maximum Gasteiger partial charge on any atom is 0.355 e. The van der Waals surface area contributed by atoms with E-state index in [0.29, 0.717) is 19.6 Å². The third kappa shape index (κ3) is 4.99. The minimum atomic E-state index is -3.69. The molecule has 31 heavy (non-hydrogen) atoms. The van der Waals surface area contributed by atoms with Crippen molar-refractivity contribution in [3.05, 3.63) is 53.9 Å². The summed E-state index contributed by atoms with van der Waals surface area (Å²) in [5.74, 6) is -1.14. The van der Waals surface area contributed by atoms with Crippen LogP contribution in [0.1, 0.15) is 42.7 Å². The van der Waals surface area contributed by atoms with E-state index in [9.17, 15) is 18.0 Å². The number of rotatable bonds is 10. The van der Waals surface area contributed by atoms with Crippen molar-refractivity contribution >= 4 is 21.9 Å². The van der Waals surface area contributed by atoms with E-state index < -0.39 is 22.6 Å². The molecular formula is C22H29N3O5S. The van der Waals surface area contributed by atoms with E-state index in [1.54, 1.807) is 20.9 Å². The molecule has 9 heteroatoms. The molecule has 1 N–H and O–H groups in total. The number of aromatic nitrogens is 1. The maximum atomic E-state index is 12.6. The Hall–Kier alpha value is -2.65. The van der Waals surface area contributed by atoms with Crippen molar-refractivity contribution < 1.29 is 22.7 Å². The number of amides is 1. The first kappa shape index (κ1) is 23.0. The summed E-state index contributed by atoms with van der Waals surface area (Å²) in [5, 5.41) is 2.84. The van der Waals surface area contributed by atoms with Gasteiger partial charge in [-0.25, -0.2) is 13.2 Å². The van der Waals surface area contributed by atoms with Crippen molar-refractivity contribution in [1.29, 1.82) is 0 Å². The molecule has 0 unspecified atom stereocenters. The van der Waals surface area contributed by atoms with Crippen LogP contribution in [-0.4, -0.2) is 55.4 Å². The second kappa shape index (κ2) is 9.23. The molecule has 0 atom stereocenters. The lowest BCUT2D eigenvalue weighted by Gasteiger charge is -2.17. The molecule has 1 saturated carbocycles. The predicted molar refractivity (Wildman–Crippen MR) is 116 cm³/mol. The fraction of sp³-hybridized carbons (Fsp3) is 0.455. The molecule has 1 amide bonds.